The molecule has 2 aromatic rings. The summed E-state index contributed by atoms with van der Waals surface area (Å²) in [6, 6.07) is 10.4. The van der Waals surface area contributed by atoms with Crippen molar-refractivity contribution in [2.75, 3.05) is 20.8 Å². The Kier molecular flexibility index (Phi) is 5.84. The van der Waals surface area contributed by atoms with Crippen molar-refractivity contribution in [3.63, 3.8) is 0 Å². The number of hydrogen-bond donors (Lipinski definition) is 1. The molecule has 0 fully saturated rings. The minimum Gasteiger partial charge on any atom is -0.496 e. The largest absolute Gasteiger partial charge is 0.496 e. The van der Waals surface area contributed by atoms with Crippen LogP contribution >= 0.6 is 0 Å². The molecule has 114 valence electrons. The predicted molar refractivity (Wildman–Crippen MR) is 82.5 cm³/mol. The van der Waals surface area contributed by atoms with E-state index >= 15 is 0 Å². The highest BCUT2D eigenvalue weighted by Crippen LogP contribution is 2.24. The van der Waals surface area contributed by atoms with Gasteiger partial charge in [-0.25, -0.2) is 0 Å². The highest BCUT2D eigenvalue weighted by molar-refractivity contribution is 5.38. The number of nitrogens with one attached hydrogen (secondary N) is 1. The lowest BCUT2D eigenvalue weighted by molar-refractivity contribution is 0.181. The van der Waals surface area contributed by atoms with Crippen molar-refractivity contribution in [3.05, 3.63) is 53.5 Å². The van der Waals surface area contributed by atoms with Crippen LogP contribution in [0.25, 0.3) is 0 Å². The number of benzene rings is 1. The summed E-state index contributed by atoms with van der Waals surface area (Å²) in [5, 5.41) is 3.50. The average molecular weight is 289 g/mol. The second-order valence-electron chi connectivity index (χ2n) is 5.01. The van der Waals surface area contributed by atoms with Crippen molar-refractivity contribution in [3.8, 4) is 5.75 Å². The summed E-state index contributed by atoms with van der Waals surface area (Å²) >= 11 is 0. The second kappa shape index (κ2) is 7.86. The first kappa shape index (κ1) is 15.6. The fourth-order valence-corrected chi connectivity index (χ4v) is 2.32. The Morgan fingerprint density at radius 2 is 2.10 bits per heavy atom. The van der Waals surface area contributed by atoms with E-state index in [1.165, 1.54) is 5.56 Å². The molecular formula is C17H23NO3. The zero-order valence-electron chi connectivity index (χ0n) is 12.9. The molecule has 0 aliphatic rings. The maximum absolute atomic E-state index is 5.35. The minimum atomic E-state index is 0.265. The monoisotopic (exact) mass is 289 g/mol. The summed E-state index contributed by atoms with van der Waals surface area (Å²) in [5.74, 6) is 1.87. The van der Waals surface area contributed by atoms with Crippen LogP contribution in [0.5, 0.6) is 5.75 Å². The summed E-state index contributed by atoms with van der Waals surface area (Å²) in [4.78, 5) is 0. The van der Waals surface area contributed by atoms with E-state index in [-0.39, 0.29) is 6.04 Å². The highest BCUT2D eigenvalue weighted by atomic mass is 16.5. The summed E-state index contributed by atoms with van der Waals surface area (Å²) < 4.78 is 15.9. The van der Waals surface area contributed by atoms with E-state index in [2.05, 4.69) is 24.4 Å². The van der Waals surface area contributed by atoms with Gasteiger partial charge in [0.05, 0.1) is 20.0 Å². The lowest BCUT2D eigenvalue weighted by Gasteiger charge is -2.16. The number of rotatable bonds is 8. The lowest BCUT2D eigenvalue weighted by atomic mass is 10.0. The number of methoxy groups -OCH3 is 2. The van der Waals surface area contributed by atoms with Crippen LogP contribution in [0.3, 0.4) is 0 Å². The smallest absolute Gasteiger partial charge is 0.124 e. The van der Waals surface area contributed by atoms with Gasteiger partial charge in [-0.05, 0) is 36.8 Å². The normalized spacial score (nSPS) is 12.3. The molecule has 1 heterocycles. The van der Waals surface area contributed by atoms with Crippen molar-refractivity contribution < 1.29 is 13.9 Å². The Morgan fingerprint density at radius 3 is 2.76 bits per heavy atom. The van der Waals surface area contributed by atoms with Gasteiger partial charge in [-0.2, -0.15) is 0 Å². The van der Waals surface area contributed by atoms with Crippen LogP contribution in [0.2, 0.25) is 0 Å². The topological polar surface area (TPSA) is 43.6 Å². The van der Waals surface area contributed by atoms with E-state index in [9.17, 15) is 0 Å². The Hall–Kier alpha value is -1.78. The summed E-state index contributed by atoms with van der Waals surface area (Å²) in [7, 11) is 3.37. The molecule has 1 aromatic carbocycles. The number of ether oxygens (including phenoxy) is 2. The molecule has 0 amide bonds. The van der Waals surface area contributed by atoms with Crippen molar-refractivity contribution in [1.82, 2.24) is 5.32 Å². The van der Waals surface area contributed by atoms with E-state index in [0.717, 1.165) is 30.0 Å². The summed E-state index contributed by atoms with van der Waals surface area (Å²) in [5.41, 5.74) is 2.29. The van der Waals surface area contributed by atoms with Gasteiger partial charge in [-0.3, -0.25) is 0 Å². The Balaban J connectivity index is 1.94. The minimum absolute atomic E-state index is 0.265. The third kappa shape index (κ3) is 4.34. The molecule has 0 aliphatic carbocycles. The molecule has 4 heteroatoms. The fraction of sp³-hybridized carbons (Fsp3) is 0.412. The lowest BCUT2D eigenvalue weighted by Crippen LogP contribution is -2.21. The number of furan rings is 1. The third-order valence-corrected chi connectivity index (χ3v) is 3.51. The Morgan fingerprint density at radius 1 is 1.24 bits per heavy atom. The third-order valence-electron chi connectivity index (χ3n) is 3.51. The van der Waals surface area contributed by atoms with Gasteiger partial charge in [-0.15, -0.1) is 0 Å². The maximum atomic E-state index is 5.35. The van der Waals surface area contributed by atoms with Crippen LogP contribution in [-0.2, 0) is 17.8 Å². The molecule has 1 N–H and O–H groups in total. The van der Waals surface area contributed by atoms with Crippen LogP contribution < -0.4 is 10.1 Å². The van der Waals surface area contributed by atoms with Crippen LogP contribution in [0.1, 0.15) is 29.9 Å². The molecule has 2 rings (SSSR count). The average Bonchev–Trinajstić information content (AvgIpc) is 3.00. The van der Waals surface area contributed by atoms with Crippen molar-refractivity contribution in [2.24, 2.45) is 0 Å². The second-order valence-corrected chi connectivity index (χ2v) is 5.01. The first-order valence-electron chi connectivity index (χ1n) is 7.16. The summed E-state index contributed by atoms with van der Waals surface area (Å²) in [6.45, 7) is 3.58. The van der Waals surface area contributed by atoms with E-state index < -0.39 is 0 Å². The first-order chi connectivity index (χ1) is 10.2. The number of hydrogen-bond acceptors (Lipinski definition) is 4. The van der Waals surface area contributed by atoms with Crippen LogP contribution in [-0.4, -0.2) is 20.8 Å². The quantitative estimate of drug-likeness (QED) is 0.809. The molecule has 4 nitrogen and oxygen atoms in total. The zero-order valence-corrected chi connectivity index (χ0v) is 12.9. The van der Waals surface area contributed by atoms with E-state index in [1.807, 2.05) is 18.2 Å². The van der Waals surface area contributed by atoms with Crippen LogP contribution in [0.4, 0.5) is 0 Å². The highest BCUT2D eigenvalue weighted by Gasteiger charge is 2.09. The van der Waals surface area contributed by atoms with Crippen molar-refractivity contribution >= 4 is 0 Å². The molecular weight excluding hydrogens is 266 g/mol. The molecule has 1 aromatic heterocycles. The van der Waals surface area contributed by atoms with Crippen molar-refractivity contribution in [2.45, 2.75) is 26.0 Å². The summed E-state index contributed by atoms with van der Waals surface area (Å²) in [6.07, 6.45) is 2.59. The predicted octanol–water partition coefficient (Wildman–Crippen LogP) is 3.33. The van der Waals surface area contributed by atoms with E-state index in [1.54, 1.807) is 20.5 Å². The molecule has 0 radical (unpaired) electrons. The molecule has 21 heavy (non-hydrogen) atoms. The standard InChI is InChI=1S/C17H23NO3/c1-13(18-9-8-16-5-4-10-21-16)14-6-7-17(20-3)15(11-14)12-19-2/h4-7,10-11,13,18H,8-9,12H2,1-3H3. The first-order valence-corrected chi connectivity index (χ1v) is 7.16. The van der Waals surface area contributed by atoms with Gasteiger partial charge in [0.1, 0.15) is 11.5 Å². The molecule has 0 spiro atoms. The zero-order chi connectivity index (χ0) is 15.1. The maximum Gasteiger partial charge on any atom is 0.124 e. The molecule has 0 saturated carbocycles. The van der Waals surface area contributed by atoms with Gasteiger partial charge < -0.3 is 19.2 Å². The molecule has 1 atom stereocenters. The van der Waals surface area contributed by atoms with Gasteiger partial charge in [0.25, 0.3) is 0 Å². The van der Waals surface area contributed by atoms with Gasteiger partial charge in [-0.1, -0.05) is 6.07 Å². The van der Waals surface area contributed by atoms with E-state index in [4.69, 9.17) is 13.9 Å². The molecule has 0 saturated heterocycles. The molecule has 0 aliphatic heterocycles. The van der Waals surface area contributed by atoms with Gasteiger partial charge in [0.15, 0.2) is 0 Å². The van der Waals surface area contributed by atoms with Gasteiger partial charge >= 0.3 is 0 Å². The fourth-order valence-electron chi connectivity index (χ4n) is 2.32. The Bertz CT molecular complexity index is 537. The van der Waals surface area contributed by atoms with E-state index in [0.29, 0.717) is 6.61 Å². The molecule has 1 unspecified atom stereocenters. The Labute approximate surface area is 126 Å². The van der Waals surface area contributed by atoms with Gasteiger partial charge in [0, 0.05) is 31.7 Å². The van der Waals surface area contributed by atoms with Crippen molar-refractivity contribution in [1.29, 1.82) is 0 Å². The SMILES string of the molecule is COCc1cc(C(C)NCCc2ccco2)ccc1OC. The van der Waals surface area contributed by atoms with Crippen LogP contribution in [0, 0.1) is 0 Å². The van der Waals surface area contributed by atoms with Crippen LogP contribution in [0.15, 0.2) is 41.0 Å². The van der Waals surface area contributed by atoms with Gasteiger partial charge in [0.2, 0.25) is 0 Å². The molecule has 0 bridgehead atoms.